The summed E-state index contributed by atoms with van der Waals surface area (Å²) in [5.41, 5.74) is -0.118. The van der Waals surface area contributed by atoms with Gasteiger partial charge in [-0.2, -0.15) is 0 Å². The first-order valence-corrected chi connectivity index (χ1v) is 6.24. The molecular formula is C12H19N3O2. The molecule has 0 aliphatic carbocycles. The van der Waals surface area contributed by atoms with Crippen molar-refractivity contribution >= 4 is 0 Å². The van der Waals surface area contributed by atoms with E-state index in [0.717, 1.165) is 32.4 Å². The van der Waals surface area contributed by atoms with Crippen molar-refractivity contribution < 1.29 is 4.74 Å². The zero-order valence-corrected chi connectivity index (χ0v) is 10.2. The standard InChI is InChI=1S/C12H19N3O2/c1-2-8-15-9-7-14-11(12(15)16)17-10-3-5-13-6-4-10/h7,9-10,13H,2-6,8H2,1H3. The summed E-state index contributed by atoms with van der Waals surface area (Å²) in [6.07, 6.45) is 6.26. The van der Waals surface area contributed by atoms with Crippen LogP contribution in [-0.2, 0) is 6.54 Å². The largest absolute Gasteiger partial charge is 0.470 e. The highest BCUT2D eigenvalue weighted by molar-refractivity contribution is 5.05. The molecule has 0 amide bonds. The summed E-state index contributed by atoms with van der Waals surface area (Å²) in [6.45, 7) is 4.64. The maximum Gasteiger partial charge on any atom is 0.313 e. The zero-order chi connectivity index (χ0) is 12.1. The fraction of sp³-hybridized carbons (Fsp3) is 0.667. The summed E-state index contributed by atoms with van der Waals surface area (Å²) in [4.78, 5) is 16.0. The lowest BCUT2D eigenvalue weighted by Gasteiger charge is -2.23. The molecule has 2 heterocycles. The summed E-state index contributed by atoms with van der Waals surface area (Å²) in [6, 6.07) is 0. The third-order valence-electron chi connectivity index (χ3n) is 2.91. The molecule has 0 bridgehead atoms. The summed E-state index contributed by atoms with van der Waals surface area (Å²) in [5.74, 6) is 0.243. The topological polar surface area (TPSA) is 56.1 Å². The van der Waals surface area contributed by atoms with E-state index in [1.54, 1.807) is 17.0 Å². The minimum absolute atomic E-state index is 0.118. The molecule has 0 atom stereocenters. The number of ether oxygens (including phenoxy) is 1. The average molecular weight is 237 g/mol. The van der Waals surface area contributed by atoms with Gasteiger partial charge in [-0.1, -0.05) is 6.92 Å². The third kappa shape index (κ3) is 3.06. The van der Waals surface area contributed by atoms with Crippen molar-refractivity contribution in [1.29, 1.82) is 0 Å². The van der Waals surface area contributed by atoms with Crippen molar-refractivity contribution in [3.63, 3.8) is 0 Å². The minimum Gasteiger partial charge on any atom is -0.470 e. The SMILES string of the molecule is CCCn1ccnc(OC2CCNCC2)c1=O. The first-order valence-electron chi connectivity index (χ1n) is 6.24. The second kappa shape index (κ2) is 5.82. The molecule has 1 aliphatic heterocycles. The summed E-state index contributed by atoms with van der Waals surface area (Å²) in [7, 11) is 0. The van der Waals surface area contributed by atoms with Crippen LogP contribution in [0, 0.1) is 0 Å². The second-order valence-corrected chi connectivity index (χ2v) is 4.30. The molecule has 1 aromatic rings. The fourth-order valence-electron chi connectivity index (χ4n) is 2.00. The van der Waals surface area contributed by atoms with E-state index in [9.17, 15) is 4.79 Å². The van der Waals surface area contributed by atoms with Crippen LogP contribution in [0.15, 0.2) is 17.2 Å². The summed E-state index contributed by atoms with van der Waals surface area (Å²) < 4.78 is 7.34. The molecule has 1 saturated heterocycles. The van der Waals surface area contributed by atoms with Gasteiger partial charge in [0.2, 0.25) is 0 Å². The van der Waals surface area contributed by atoms with Crippen LogP contribution in [0.2, 0.25) is 0 Å². The van der Waals surface area contributed by atoms with Gasteiger partial charge in [0, 0.05) is 18.9 Å². The first kappa shape index (κ1) is 12.1. The van der Waals surface area contributed by atoms with E-state index in [-0.39, 0.29) is 17.5 Å². The number of hydrogen-bond donors (Lipinski definition) is 1. The smallest absolute Gasteiger partial charge is 0.313 e. The van der Waals surface area contributed by atoms with Crippen molar-refractivity contribution in [3.8, 4) is 5.88 Å². The number of aryl methyl sites for hydroxylation is 1. The van der Waals surface area contributed by atoms with Gasteiger partial charge in [0.15, 0.2) is 0 Å². The van der Waals surface area contributed by atoms with Gasteiger partial charge in [-0.15, -0.1) is 0 Å². The van der Waals surface area contributed by atoms with E-state index in [2.05, 4.69) is 10.3 Å². The molecule has 5 heteroatoms. The molecule has 1 aliphatic rings. The highest BCUT2D eigenvalue weighted by Gasteiger charge is 2.17. The Morgan fingerprint density at radius 3 is 3.00 bits per heavy atom. The van der Waals surface area contributed by atoms with Crippen LogP contribution in [0.5, 0.6) is 5.88 Å². The molecule has 1 fully saturated rings. The molecule has 17 heavy (non-hydrogen) atoms. The van der Waals surface area contributed by atoms with Gasteiger partial charge in [0.1, 0.15) is 6.10 Å². The van der Waals surface area contributed by atoms with Gasteiger partial charge >= 0.3 is 5.56 Å². The van der Waals surface area contributed by atoms with Crippen LogP contribution in [0.25, 0.3) is 0 Å². The quantitative estimate of drug-likeness (QED) is 0.841. The van der Waals surface area contributed by atoms with Gasteiger partial charge < -0.3 is 14.6 Å². The van der Waals surface area contributed by atoms with E-state index in [0.29, 0.717) is 6.54 Å². The van der Waals surface area contributed by atoms with E-state index in [1.165, 1.54) is 0 Å². The van der Waals surface area contributed by atoms with E-state index in [4.69, 9.17) is 4.74 Å². The number of piperidine rings is 1. The van der Waals surface area contributed by atoms with Gasteiger partial charge in [0.25, 0.3) is 5.88 Å². The van der Waals surface area contributed by atoms with Gasteiger partial charge in [-0.05, 0) is 32.4 Å². The molecule has 0 spiro atoms. The first-order chi connectivity index (χ1) is 8.31. The summed E-state index contributed by atoms with van der Waals surface area (Å²) in [5, 5.41) is 3.26. The predicted octanol–water partition coefficient (Wildman–Crippen LogP) is 0.784. The molecule has 5 nitrogen and oxygen atoms in total. The van der Waals surface area contributed by atoms with Crippen molar-refractivity contribution in [1.82, 2.24) is 14.9 Å². The number of nitrogens with one attached hydrogen (secondary N) is 1. The molecule has 1 N–H and O–H groups in total. The van der Waals surface area contributed by atoms with E-state index >= 15 is 0 Å². The minimum atomic E-state index is -0.118. The monoisotopic (exact) mass is 237 g/mol. The van der Waals surface area contributed by atoms with Gasteiger partial charge in [0.05, 0.1) is 0 Å². The van der Waals surface area contributed by atoms with Crippen LogP contribution in [-0.4, -0.2) is 28.7 Å². The van der Waals surface area contributed by atoms with E-state index in [1.807, 2.05) is 6.92 Å². The average Bonchev–Trinajstić information content (AvgIpc) is 2.36. The Balaban J connectivity index is 2.09. The third-order valence-corrected chi connectivity index (χ3v) is 2.91. The Morgan fingerprint density at radius 1 is 1.53 bits per heavy atom. The Kier molecular flexibility index (Phi) is 4.14. The Morgan fingerprint density at radius 2 is 2.29 bits per heavy atom. The van der Waals surface area contributed by atoms with Crippen LogP contribution in [0.4, 0.5) is 0 Å². The molecule has 94 valence electrons. The maximum atomic E-state index is 12.0. The van der Waals surface area contributed by atoms with Crippen LogP contribution >= 0.6 is 0 Å². The summed E-state index contributed by atoms with van der Waals surface area (Å²) >= 11 is 0. The van der Waals surface area contributed by atoms with Crippen molar-refractivity contribution in [2.75, 3.05) is 13.1 Å². The predicted molar refractivity (Wildman–Crippen MR) is 65.3 cm³/mol. The Bertz CT molecular complexity index is 410. The lowest BCUT2D eigenvalue weighted by atomic mass is 10.1. The maximum absolute atomic E-state index is 12.0. The molecule has 2 rings (SSSR count). The number of rotatable bonds is 4. The van der Waals surface area contributed by atoms with Gasteiger partial charge in [-0.3, -0.25) is 4.79 Å². The van der Waals surface area contributed by atoms with Crippen molar-refractivity contribution in [2.24, 2.45) is 0 Å². The molecule has 0 aromatic carbocycles. The Labute approximate surface area is 101 Å². The molecule has 0 radical (unpaired) electrons. The highest BCUT2D eigenvalue weighted by Crippen LogP contribution is 2.09. The van der Waals surface area contributed by atoms with E-state index < -0.39 is 0 Å². The number of hydrogen-bond acceptors (Lipinski definition) is 4. The van der Waals surface area contributed by atoms with Crippen LogP contribution in [0.3, 0.4) is 0 Å². The number of nitrogens with zero attached hydrogens (tertiary/aromatic N) is 2. The molecule has 1 aromatic heterocycles. The lowest BCUT2D eigenvalue weighted by Crippen LogP contribution is -2.36. The Hall–Kier alpha value is -1.36. The van der Waals surface area contributed by atoms with Crippen molar-refractivity contribution in [3.05, 3.63) is 22.7 Å². The second-order valence-electron chi connectivity index (χ2n) is 4.30. The van der Waals surface area contributed by atoms with Crippen molar-refractivity contribution in [2.45, 2.75) is 38.8 Å². The van der Waals surface area contributed by atoms with Crippen LogP contribution < -0.4 is 15.6 Å². The fourth-order valence-corrected chi connectivity index (χ4v) is 2.00. The highest BCUT2D eigenvalue weighted by atomic mass is 16.5. The normalized spacial score (nSPS) is 17.0. The zero-order valence-electron chi connectivity index (χ0n) is 10.2. The molecule has 0 unspecified atom stereocenters. The molecule has 0 saturated carbocycles. The van der Waals surface area contributed by atoms with Gasteiger partial charge in [-0.25, -0.2) is 4.98 Å². The lowest BCUT2D eigenvalue weighted by molar-refractivity contribution is 0.152. The number of aromatic nitrogens is 2. The van der Waals surface area contributed by atoms with Crippen LogP contribution in [0.1, 0.15) is 26.2 Å². The molecular weight excluding hydrogens is 218 g/mol.